The summed E-state index contributed by atoms with van der Waals surface area (Å²) < 4.78 is 68.8. The van der Waals surface area contributed by atoms with Crippen LogP contribution in [-0.4, -0.2) is 96.7 Å². The quantitative estimate of drug-likeness (QED) is 0.0169. The summed E-state index contributed by atoms with van der Waals surface area (Å²) in [6, 6.07) is 0. The molecule has 0 aliphatic heterocycles. The maximum absolute atomic E-state index is 13.1. The first-order valence-electron chi connectivity index (χ1n) is 43.8. The van der Waals surface area contributed by atoms with Gasteiger partial charge in [-0.3, -0.25) is 37.3 Å². The second-order valence-corrected chi connectivity index (χ2v) is 33.9. The predicted octanol–water partition coefficient (Wildman–Crippen LogP) is 25.8. The lowest BCUT2D eigenvalue weighted by Gasteiger charge is -2.21. The van der Waals surface area contributed by atoms with E-state index >= 15 is 0 Å². The van der Waals surface area contributed by atoms with Crippen LogP contribution in [0.25, 0.3) is 0 Å². The minimum atomic E-state index is -4.97. The Morgan fingerprint density at radius 2 is 0.562 bits per heavy atom. The Bertz CT molecular complexity index is 2110. The van der Waals surface area contributed by atoms with Crippen LogP contribution in [-0.2, 0) is 65.4 Å². The fraction of sp³-hybridized carbons (Fsp3) is 0.907. The second-order valence-electron chi connectivity index (χ2n) is 31.0. The molecule has 0 radical (unpaired) electrons. The third-order valence-corrected chi connectivity index (χ3v) is 21.8. The normalized spacial score (nSPS) is 14.2. The van der Waals surface area contributed by atoms with Crippen molar-refractivity contribution in [3.8, 4) is 0 Å². The molecule has 0 spiro atoms. The number of carbonyl (C=O) groups excluding carboxylic acids is 4. The lowest BCUT2D eigenvalue weighted by atomic mass is 9.99. The third-order valence-electron chi connectivity index (χ3n) is 19.9. The van der Waals surface area contributed by atoms with E-state index in [-0.39, 0.29) is 25.7 Å². The van der Waals surface area contributed by atoms with Gasteiger partial charge in [0.2, 0.25) is 0 Å². The molecule has 3 N–H and O–H groups in total. The van der Waals surface area contributed by atoms with Gasteiger partial charge in [0.1, 0.15) is 19.3 Å². The minimum Gasteiger partial charge on any atom is -0.462 e. The van der Waals surface area contributed by atoms with Gasteiger partial charge in [0, 0.05) is 25.7 Å². The molecule has 0 fully saturated rings. The number of ether oxygens (including phenoxy) is 4. The van der Waals surface area contributed by atoms with E-state index in [4.69, 9.17) is 37.0 Å². The molecule has 0 amide bonds. The first-order chi connectivity index (χ1) is 50.9. The molecule has 3 unspecified atom stereocenters. The summed E-state index contributed by atoms with van der Waals surface area (Å²) in [5.41, 5.74) is 0. The van der Waals surface area contributed by atoms with Crippen LogP contribution in [0.1, 0.15) is 433 Å². The van der Waals surface area contributed by atoms with Gasteiger partial charge in [-0.1, -0.05) is 380 Å². The van der Waals surface area contributed by atoms with Crippen molar-refractivity contribution in [1.82, 2.24) is 0 Å². The van der Waals surface area contributed by atoms with E-state index in [1.54, 1.807) is 0 Å². The van der Waals surface area contributed by atoms with Gasteiger partial charge >= 0.3 is 39.5 Å². The van der Waals surface area contributed by atoms with Gasteiger partial charge in [0.15, 0.2) is 12.2 Å². The van der Waals surface area contributed by atoms with Crippen LogP contribution in [0.3, 0.4) is 0 Å². The molecule has 19 heteroatoms. The van der Waals surface area contributed by atoms with E-state index in [0.29, 0.717) is 31.6 Å². The van der Waals surface area contributed by atoms with Crippen LogP contribution in [0.5, 0.6) is 0 Å². The van der Waals surface area contributed by atoms with Gasteiger partial charge in [-0.25, -0.2) is 9.13 Å². The number of allylic oxidation sites excluding steroid dienone is 4. The number of unbranched alkanes of at least 4 members (excludes halogenated alkanes) is 49. The zero-order valence-electron chi connectivity index (χ0n) is 68.5. The standard InChI is InChI=1S/C86H164O17P2/c1-7-10-12-14-16-18-20-22-24-25-26-27-28-29-30-32-38-42-46-52-59-65-71-85(90)102-81(74-96-83(88)68-62-56-50-44-40-36-34-33-35-39-43-49-55-61-67-79(6)9-3)76-100-104(92,93)98-72-80(87)73-99-105(94,95)101-77-82(75-97-84(89)69-63-57-53-47-48-54-60-66-78(4)5)103-86(91)70-64-58-51-45-41-37-31-23-21-19-17-15-13-11-8-2/h19,21,23,31,78-82,87H,7-18,20,22,24-30,32-77H2,1-6H3,(H,92,93)(H,94,95)/b21-19-,31-23-/t79?,80-,81-,82-/m1/s1. The van der Waals surface area contributed by atoms with Crippen LogP contribution in [0, 0.1) is 11.8 Å². The van der Waals surface area contributed by atoms with Crippen molar-refractivity contribution in [1.29, 1.82) is 0 Å². The molecule has 0 saturated heterocycles. The molecule has 0 aliphatic rings. The maximum Gasteiger partial charge on any atom is 0.472 e. The predicted molar refractivity (Wildman–Crippen MR) is 432 cm³/mol. The zero-order valence-corrected chi connectivity index (χ0v) is 70.3. The monoisotopic (exact) mass is 1530 g/mol. The molecule has 6 atom stereocenters. The third kappa shape index (κ3) is 78.0. The lowest BCUT2D eigenvalue weighted by Crippen LogP contribution is -2.30. The number of rotatable bonds is 83. The summed E-state index contributed by atoms with van der Waals surface area (Å²) in [7, 11) is -9.94. The number of hydrogen-bond donors (Lipinski definition) is 3. The van der Waals surface area contributed by atoms with E-state index in [9.17, 15) is 43.2 Å². The summed E-state index contributed by atoms with van der Waals surface area (Å²) in [5.74, 6) is -0.585. The number of carbonyl (C=O) groups is 4. The van der Waals surface area contributed by atoms with Crippen molar-refractivity contribution >= 4 is 39.5 Å². The molecule has 620 valence electrons. The van der Waals surface area contributed by atoms with Crippen LogP contribution in [0.15, 0.2) is 24.3 Å². The smallest absolute Gasteiger partial charge is 0.462 e. The van der Waals surface area contributed by atoms with E-state index in [0.717, 1.165) is 115 Å². The average molecular weight is 1530 g/mol. The molecule has 0 bridgehead atoms. The highest BCUT2D eigenvalue weighted by molar-refractivity contribution is 7.47. The lowest BCUT2D eigenvalue weighted by molar-refractivity contribution is -0.161. The van der Waals surface area contributed by atoms with E-state index in [1.807, 2.05) is 0 Å². The van der Waals surface area contributed by atoms with Crippen molar-refractivity contribution in [2.45, 2.75) is 452 Å². The Hall–Kier alpha value is -2.46. The van der Waals surface area contributed by atoms with Gasteiger partial charge in [-0.05, 0) is 63.2 Å². The van der Waals surface area contributed by atoms with Gasteiger partial charge in [0.05, 0.1) is 26.4 Å². The summed E-state index contributed by atoms with van der Waals surface area (Å²) in [4.78, 5) is 73.1. The SMILES string of the molecule is CCCCCC/C=C\C=C/CCCCCCCC(=O)O[C@H](COC(=O)CCCCCCCCCC(C)C)COP(=O)(O)OC[C@H](O)COP(=O)(O)OC[C@@H](COC(=O)CCCCCCCCCCCCCCCCC(C)CC)OC(=O)CCCCCCCCCCCCCCCCCCCCCCCC. The molecule has 0 aromatic carbocycles. The minimum absolute atomic E-state index is 0.0845. The van der Waals surface area contributed by atoms with E-state index in [1.165, 1.54) is 231 Å². The second kappa shape index (κ2) is 76.9. The maximum atomic E-state index is 13.1. The topological polar surface area (TPSA) is 237 Å². The molecular weight excluding hydrogens is 1370 g/mol. The summed E-state index contributed by atoms with van der Waals surface area (Å²) in [6.45, 7) is 9.59. The number of phosphoric acid groups is 2. The fourth-order valence-corrected chi connectivity index (χ4v) is 14.4. The Balaban J connectivity index is 5.25. The molecule has 0 aromatic rings. The highest BCUT2D eigenvalue weighted by Gasteiger charge is 2.30. The molecular formula is C86H164O17P2. The van der Waals surface area contributed by atoms with E-state index < -0.39 is 97.5 Å². The van der Waals surface area contributed by atoms with Gasteiger partial charge in [-0.15, -0.1) is 0 Å². The number of esters is 4. The fourth-order valence-electron chi connectivity index (χ4n) is 12.8. The molecule has 17 nitrogen and oxygen atoms in total. The van der Waals surface area contributed by atoms with Crippen LogP contribution < -0.4 is 0 Å². The highest BCUT2D eigenvalue weighted by Crippen LogP contribution is 2.45. The number of aliphatic hydroxyl groups excluding tert-OH is 1. The molecule has 0 rings (SSSR count). The molecule has 0 aliphatic carbocycles. The number of aliphatic hydroxyl groups is 1. The van der Waals surface area contributed by atoms with Crippen molar-refractivity contribution in [2.75, 3.05) is 39.6 Å². The van der Waals surface area contributed by atoms with Gasteiger partial charge < -0.3 is 33.8 Å². The Labute approximate surface area is 643 Å². The number of phosphoric ester groups is 2. The highest BCUT2D eigenvalue weighted by atomic mass is 31.2. The van der Waals surface area contributed by atoms with Gasteiger partial charge in [0.25, 0.3) is 0 Å². The Morgan fingerprint density at radius 1 is 0.314 bits per heavy atom. The van der Waals surface area contributed by atoms with Crippen LogP contribution in [0.2, 0.25) is 0 Å². The average Bonchev–Trinajstić information content (AvgIpc) is 0.907. The zero-order chi connectivity index (χ0) is 77.1. The summed E-state index contributed by atoms with van der Waals surface area (Å²) >= 11 is 0. The van der Waals surface area contributed by atoms with Crippen molar-refractivity contribution < 1.29 is 80.2 Å². The number of hydrogen-bond acceptors (Lipinski definition) is 15. The molecule has 105 heavy (non-hydrogen) atoms. The van der Waals surface area contributed by atoms with Crippen LogP contribution >= 0.6 is 15.6 Å². The first kappa shape index (κ1) is 103. The summed E-state index contributed by atoms with van der Waals surface area (Å²) in [5, 5.41) is 10.7. The summed E-state index contributed by atoms with van der Waals surface area (Å²) in [6.07, 6.45) is 71.8. The van der Waals surface area contributed by atoms with E-state index in [2.05, 4.69) is 65.8 Å². The van der Waals surface area contributed by atoms with Crippen LogP contribution in [0.4, 0.5) is 0 Å². The molecule has 0 saturated carbocycles. The first-order valence-corrected chi connectivity index (χ1v) is 46.8. The molecule has 0 heterocycles. The Kier molecular flexibility index (Phi) is 75.1. The van der Waals surface area contributed by atoms with Crippen molar-refractivity contribution in [3.05, 3.63) is 24.3 Å². The van der Waals surface area contributed by atoms with Crippen molar-refractivity contribution in [2.24, 2.45) is 11.8 Å². The Morgan fingerprint density at radius 3 is 0.857 bits per heavy atom. The van der Waals surface area contributed by atoms with Crippen molar-refractivity contribution in [3.63, 3.8) is 0 Å². The largest absolute Gasteiger partial charge is 0.472 e. The molecule has 0 aromatic heterocycles. The van der Waals surface area contributed by atoms with Gasteiger partial charge in [-0.2, -0.15) is 0 Å².